The van der Waals surface area contributed by atoms with Crippen molar-refractivity contribution < 1.29 is 0 Å². The van der Waals surface area contributed by atoms with E-state index in [4.69, 9.17) is 0 Å². The largest absolute Gasteiger partial charge is 0.253 e. The van der Waals surface area contributed by atoms with E-state index >= 15 is 0 Å². The van der Waals surface area contributed by atoms with Gasteiger partial charge in [0.1, 0.15) is 0 Å². The van der Waals surface area contributed by atoms with E-state index < -0.39 is 0 Å². The zero-order valence-electron chi connectivity index (χ0n) is 15.4. The highest BCUT2D eigenvalue weighted by atomic mass is 14.8. The summed E-state index contributed by atoms with van der Waals surface area (Å²) in [7, 11) is 0. The first-order chi connectivity index (χ1) is 12.8. The average Bonchev–Trinajstić information content (AvgIpc) is 2.72. The minimum absolute atomic E-state index is 0.869. The minimum Gasteiger partial charge on any atom is -0.253 e. The molecule has 0 saturated heterocycles. The molecule has 26 heavy (non-hydrogen) atoms. The van der Waals surface area contributed by atoms with Crippen LogP contribution >= 0.6 is 0 Å². The Balaban J connectivity index is 1.78. The van der Waals surface area contributed by atoms with Crippen molar-refractivity contribution in [2.24, 2.45) is 0 Å². The van der Waals surface area contributed by atoms with Crippen LogP contribution in [0.15, 0.2) is 60.9 Å². The molecule has 0 spiro atoms. The topological polar surface area (TPSA) is 25.8 Å². The van der Waals surface area contributed by atoms with Crippen molar-refractivity contribution in [1.82, 2.24) is 9.97 Å². The zero-order valence-corrected chi connectivity index (χ0v) is 15.4. The molecule has 0 aliphatic rings. The van der Waals surface area contributed by atoms with E-state index in [0.717, 1.165) is 35.4 Å². The predicted octanol–water partition coefficient (Wildman–Crippen LogP) is 5.94. The number of nitrogens with zero attached hydrogens (tertiary/aromatic N) is 2. The van der Waals surface area contributed by atoms with Crippen molar-refractivity contribution in [1.29, 1.82) is 0 Å². The van der Waals surface area contributed by atoms with Crippen molar-refractivity contribution in [2.75, 3.05) is 0 Å². The van der Waals surface area contributed by atoms with Crippen molar-refractivity contribution in [2.45, 2.75) is 26.7 Å². The van der Waals surface area contributed by atoms with Crippen LogP contribution in [0.1, 0.15) is 47.5 Å². The third kappa shape index (κ3) is 4.76. The Hall–Kier alpha value is -3.00. The van der Waals surface area contributed by atoms with Gasteiger partial charge >= 0.3 is 0 Å². The van der Waals surface area contributed by atoms with Crippen LogP contribution in [-0.2, 0) is 12.8 Å². The normalized spacial score (nSPS) is 11.5. The van der Waals surface area contributed by atoms with Crippen LogP contribution in [0, 0.1) is 0 Å². The first-order valence-electron chi connectivity index (χ1n) is 9.13. The second-order valence-electron chi connectivity index (χ2n) is 6.18. The van der Waals surface area contributed by atoms with Crippen molar-refractivity contribution >= 4 is 24.3 Å². The van der Waals surface area contributed by atoms with E-state index in [0.29, 0.717) is 0 Å². The van der Waals surface area contributed by atoms with Crippen molar-refractivity contribution in [3.8, 4) is 0 Å². The van der Waals surface area contributed by atoms with E-state index in [9.17, 15) is 0 Å². The Morgan fingerprint density at radius 2 is 0.962 bits per heavy atom. The molecule has 0 saturated carbocycles. The fraction of sp³-hybridized carbons (Fsp3) is 0.167. The monoisotopic (exact) mass is 340 g/mol. The Labute approximate surface area is 156 Å². The molecular weight excluding hydrogens is 316 g/mol. The van der Waals surface area contributed by atoms with Crippen LogP contribution in [0.4, 0.5) is 0 Å². The van der Waals surface area contributed by atoms with E-state index in [-0.39, 0.29) is 0 Å². The third-order valence-corrected chi connectivity index (χ3v) is 4.40. The van der Waals surface area contributed by atoms with Crippen LogP contribution in [0.3, 0.4) is 0 Å². The first-order valence-corrected chi connectivity index (χ1v) is 9.13. The fourth-order valence-corrected chi connectivity index (χ4v) is 2.70. The predicted molar refractivity (Wildman–Crippen MR) is 112 cm³/mol. The van der Waals surface area contributed by atoms with E-state index in [1.165, 1.54) is 11.1 Å². The summed E-state index contributed by atoms with van der Waals surface area (Å²) in [5.41, 5.74) is 6.76. The maximum Gasteiger partial charge on any atom is 0.0886 e. The molecule has 0 atom stereocenters. The molecule has 2 heteroatoms. The molecule has 1 heterocycles. The van der Waals surface area contributed by atoms with E-state index in [1.54, 1.807) is 12.4 Å². The average molecular weight is 340 g/mol. The molecule has 0 aliphatic carbocycles. The lowest BCUT2D eigenvalue weighted by atomic mass is 10.1. The Morgan fingerprint density at radius 1 is 0.577 bits per heavy atom. The number of aryl methyl sites for hydroxylation is 2. The van der Waals surface area contributed by atoms with E-state index in [1.807, 2.05) is 12.2 Å². The molecule has 0 unspecified atom stereocenters. The number of hydrogen-bond donors (Lipinski definition) is 0. The molecule has 0 bridgehead atoms. The summed E-state index contributed by atoms with van der Waals surface area (Å²) < 4.78 is 0. The highest BCUT2D eigenvalue weighted by Crippen LogP contribution is 2.14. The van der Waals surface area contributed by atoms with Crippen LogP contribution in [0.2, 0.25) is 0 Å². The number of rotatable bonds is 6. The molecule has 0 radical (unpaired) electrons. The summed E-state index contributed by atoms with van der Waals surface area (Å²) in [5.74, 6) is 0. The van der Waals surface area contributed by atoms with Gasteiger partial charge in [-0.05, 0) is 47.2 Å². The van der Waals surface area contributed by atoms with Gasteiger partial charge in [0.05, 0.1) is 11.4 Å². The lowest BCUT2D eigenvalue weighted by Gasteiger charge is -2.01. The Morgan fingerprint density at radius 3 is 1.31 bits per heavy atom. The second-order valence-corrected chi connectivity index (χ2v) is 6.18. The second kappa shape index (κ2) is 8.91. The third-order valence-electron chi connectivity index (χ3n) is 4.40. The molecule has 0 N–H and O–H groups in total. The fourth-order valence-electron chi connectivity index (χ4n) is 2.70. The van der Waals surface area contributed by atoms with Gasteiger partial charge in [0.25, 0.3) is 0 Å². The maximum atomic E-state index is 4.47. The highest BCUT2D eigenvalue weighted by Gasteiger charge is 1.99. The Bertz CT molecular complexity index is 812. The van der Waals surface area contributed by atoms with Gasteiger partial charge in [-0.3, -0.25) is 9.97 Å². The van der Waals surface area contributed by atoms with Gasteiger partial charge in [-0.1, -0.05) is 74.5 Å². The SMILES string of the molecule is CCc1ccc(C=Cc2nccnc2C=Cc2ccc(CC)cc2)cc1. The van der Waals surface area contributed by atoms with Crippen LogP contribution in [-0.4, -0.2) is 9.97 Å². The van der Waals surface area contributed by atoms with Gasteiger partial charge in [0.15, 0.2) is 0 Å². The summed E-state index contributed by atoms with van der Waals surface area (Å²) in [6.45, 7) is 4.33. The molecule has 1 aromatic heterocycles. The lowest BCUT2D eigenvalue weighted by Crippen LogP contribution is -1.89. The van der Waals surface area contributed by atoms with Gasteiger partial charge in [-0.2, -0.15) is 0 Å². The standard InChI is InChI=1S/C24H24N2/c1-3-19-5-9-21(10-6-19)13-15-23-24(26-18-17-25-23)16-14-22-11-7-20(4-2)8-12-22/h5-18H,3-4H2,1-2H3. The van der Waals surface area contributed by atoms with Gasteiger partial charge in [-0.25, -0.2) is 0 Å². The van der Waals surface area contributed by atoms with Gasteiger partial charge < -0.3 is 0 Å². The summed E-state index contributed by atoms with van der Waals surface area (Å²) in [6.07, 6.45) is 13.8. The zero-order chi connectivity index (χ0) is 18.2. The molecule has 3 rings (SSSR count). The number of benzene rings is 2. The smallest absolute Gasteiger partial charge is 0.0886 e. The highest BCUT2D eigenvalue weighted by molar-refractivity contribution is 5.76. The summed E-state index contributed by atoms with van der Waals surface area (Å²) >= 11 is 0. The lowest BCUT2D eigenvalue weighted by molar-refractivity contribution is 1.14. The Kier molecular flexibility index (Phi) is 6.10. The van der Waals surface area contributed by atoms with Crippen molar-refractivity contribution in [3.63, 3.8) is 0 Å². The van der Waals surface area contributed by atoms with Gasteiger partial charge in [0.2, 0.25) is 0 Å². The minimum atomic E-state index is 0.869. The van der Waals surface area contributed by atoms with Gasteiger partial charge in [0, 0.05) is 12.4 Å². The van der Waals surface area contributed by atoms with Gasteiger partial charge in [-0.15, -0.1) is 0 Å². The summed E-state index contributed by atoms with van der Waals surface area (Å²) in [5, 5.41) is 0. The number of hydrogen-bond acceptors (Lipinski definition) is 2. The summed E-state index contributed by atoms with van der Waals surface area (Å²) in [6, 6.07) is 17.2. The van der Waals surface area contributed by atoms with Crippen molar-refractivity contribution in [3.05, 3.63) is 94.6 Å². The molecule has 0 aliphatic heterocycles. The van der Waals surface area contributed by atoms with Crippen LogP contribution < -0.4 is 0 Å². The first kappa shape index (κ1) is 17.8. The van der Waals surface area contributed by atoms with E-state index in [2.05, 4.69) is 84.5 Å². The maximum absolute atomic E-state index is 4.47. The summed E-state index contributed by atoms with van der Waals surface area (Å²) in [4.78, 5) is 8.93. The van der Waals surface area contributed by atoms with Crippen LogP contribution in [0.25, 0.3) is 24.3 Å². The molecule has 2 aromatic carbocycles. The number of aromatic nitrogens is 2. The molecule has 0 amide bonds. The van der Waals surface area contributed by atoms with Crippen LogP contribution in [0.5, 0.6) is 0 Å². The molecule has 130 valence electrons. The molecule has 3 aromatic rings. The quantitative estimate of drug-likeness (QED) is 0.555. The molecule has 2 nitrogen and oxygen atoms in total. The molecule has 0 fully saturated rings. The molecular formula is C24H24N2.